The third-order valence-electron chi connectivity index (χ3n) is 4.02. The summed E-state index contributed by atoms with van der Waals surface area (Å²) in [5.41, 5.74) is 6.13. The molecule has 1 aliphatic rings. The van der Waals surface area contributed by atoms with Gasteiger partial charge in [0.15, 0.2) is 9.34 Å². The first-order chi connectivity index (χ1) is 9.32. The Morgan fingerprint density at radius 2 is 2.05 bits per heavy atom. The molecule has 5 nitrogen and oxygen atoms in total. The van der Waals surface area contributed by atoms with E-state index in [4.69, 9.17) is 5.73 Å². The largest absolute Gasteiger partial charge is 0.375 e. The number of hydrogen-bond donors (Lipinski definition) is 1. The molecule has 1 unspecified atom stereocenters. The predicted molar refractivity (Wildman–Crippen MR) is 82.2 cm³/mol. The molecule has 0 radical (unpaired) electrons. The van der Waals surface area contributed by atoms with Gasteiger partial charge in [-0.05, 0) is 38.0 Å². The summed E-state index contributed by atoms with van der Waals surface area (Å²) in [5.74, 6) is 1.22. The Bertz CT molecular complexity index is 566. The van der Waals surface area contributed by atoms with Gasteiger partial charge in [0.25, 0.3) is 10.0 Å². The number of nitrogens with two attached hydrogens (primary N) is 1. The van der Waals surface area contributed by atoms with Gasteiger partial charge in [0.05, 0.1) is 5.69 Å². The zero-order valence-corrected chi connectivity index (χ0v) is 13.9. The van der Waals surface area contributed by atoms with E-state index in [1.54, 1.807) is 11.2 Å². The molecule has 0 spiro atoms. The summed E-state index contributed by atoms with van der Waals surface area (Å²) in [6.45, 7) is 7.32. The molecule has 1 aromatic rings. The van der Waals surface area contributed by atoms with Gasteiger partial charge >= 0.3 is 0 Å². The topological polar surface area (TPSA) is 76.3 Å². The third-order valence-corrected chi connectivity index (χ3v) is 7.49. The van der Waals surface area contributed by atoms with E-state index in [0.29, 0.717) is 40.0 Å². The van der Waals surface area contributed by atoms with Crippen LogP contribution in [0.5, 0.6) is 0 Å². The van der Waals surface area contributed by atoms with E-state index in [1.807, 2.05) is 0 Å². The monoisotopic (exact) mass is 317 g/mol. The summed E-state index contributed by atoms with van der Waals surface area (Å²) < 4.78 is 27.3. The van der Waals surface area contributed by atoms with Crippen LogP contribution in [0.2, 0.25) is 0 Å². The van der Waals surface area contributed by atoms with Crippen molar-refractivity contribution < 1.29 is 8.42 Å². The lowest BCUT2D eigenvalue weighted by Crippen LogP contribution is -2.32. The zero-order chi connectivity index (χ0) is 14.9. The highest BCUT2D eigenvalue weighted by Gasteiger charge is 2.31. The molecule has 2 heterocycles. The second-order valence-corrected chi connectivity index (χ2v) is 8.93. The van der Waals surface area contributed by atoms with Crippen molar-refractivity contribution in [2.75, 3.05) is 18.8 Å². The summed E-state index contributed by atoms with van der Waals surface area (Å²) >= 11 is 1.07. The van der Waals surface area contributed by atoms with Crippen molar-refractivity contribution in [3.05, 3.63) is 5.69 Å². The maximum absolute atomic E-state index is 12.7. The number of anilines is 1. The molecule has 0 aromatic carbocycles. The van der Waals surface area contributed by atoms with E-state index >= 15 is 0 Å². The van der Waals surface area contributed by atoms with Crippen molar-refractivity contribution in [2.45, 2.75) is 44.2 Å². The molecular weight excluding hydrogens is 294 g/mol. The SMILES string of the molecule is Cc1nc(N)sc1S(=O)(=O)N1CCCC(C(C)C)CC1. The highest BCUT2D eigenvalue weighted by molar-refractivity contribution is 7.91. The smallest absolute Gasteiger partial charge is 0.254 e. The average molecular weight is 317 g/mol. The molecule has 20 heavy (non-hydrogen) atoms. The highest BCUT2D eigenvalue weighted by Crippen LogP contribution is 2.31. The van der Waals surface area contributed by atoms with E-state index in [0.717, 1.165) is 30.6 Å². The number of thiazole rings is 1. The third kappa shape index (κ3) is 3.15. The number of aryl methyl sites for hydroxylation is 1. The number of nitrogens with zero attached hydrogens (tertiary/aromatic N) is 2. The van der Waals surface area contributed by atoms with E-state index in [-0.39, 0.29) is 0 Å². The second kappa shape index (κ2) is 5.99. The number of sulfonamides is 1. The predicted octanol–water partition coefficient (Wildman–Crippen LogP) is 2.48. The molecule has 114 valence electrons. The number of nitrogen functional groups attached to an aromatic ring is 1. The lowest BCUT2D eigenvalue weighted by atomic mass is 9.89. The second-order valence-electron chi connectivity index (χ2n) is 5.76. The molecule has 2 rings (SSSR count). The Hall–Kier alpha value is -0.660. The average Bonchev–Trinajstić information content (AvgIpc) is 2.59. The van der Waals surface area contributed by atoms with Gasteiger partial charge in [-0.15, -0.1) is 0 Å². The minimum Gasteiger partial charge on any atom is -0.375 e. The zero-order valence-electron chi connectivity index (χ0n) is 12.3. The van der Waals surface area contributed by atoms with Gasteiger partial charge in [0.2, 0.25) is 0 Å². The maximum Gasteiger partial charge on any atom is 0.254 e. The van der Waals surface area contributed by atoms with Crippen LogP contribution in [-0.2, 0) is 10.0 Å². The minimum absolute atomic E-state index is 0.304. The van der Waals surface area contributed by atoms with Crippen molar-refractivity contribution in [1.29, 1.82) is 0 Å². The fourth-order valence-electron chi connectivity index (χ4n) is 2.76. The Morgan fingerprint density at radius 1 is 1.35 bits per heavy atom. The van der Waals surface area contributed by atoms with E-state index in [1.165, 1.54) is 0 Å². The summed E-state index contributed by atoms with van der Waals surface area (Å²) in [6, 6.07) is 0. The Labute approximate surface area is 125 Å². The first-order valence-corrected chi connectivity index (χ1v) is 9.31. The van der Waals surface area contributed by atoms with E-state index < -0.39 is 10.0 Å². The minimum atomic E-state index is -3.43. The van der Waals surface area contributed by atoms with Crippen LogP contribution in [0, 0.1) is 18.8 Å². The molecule has 1 aromatic heterocycles. The standard InChI is InChI=1S/C13H23N3O2S2/c1-9(2)11-5-4-7-16(8-6-11)20(17,18)12-10(3)15-13(14)19-12/h9,11H,4-8H2,1-3H3,(H2,14,15). The first kappa shape index (κ1) is 15.7. The Kier molecular flexibility index (Phi) is 4.71. The summed E-state index contributed by atoms with van der Waals surface area (Å²) in [4.78, 5) is 4.03. The van der Waals surface area contributed by atoms with Crippen molar-refractivity contribution in [3.63, 3.8) is 0 Å². The van der Waals surface area contributed by atoms with Crippen molar-refractivity contribution in [1.82, 2.24) is 9.29 Å². The lowest BCUT2D eigenvalue weighted by Gasteiger charge is -2.20. The quantitative estimate of drug-likeness (QED) is 0.929. The van der Waals surface area contributed by atoms with Gasteiger partial charge < -0.3 is 5.73 Å². The van der Waals surface area contributed by atoms with Crippen LogP contribution in [0.25, 0.3) is 0 Å². The van der Waals surface area contributed by atoms with Crippen LogP contribution in [0.4, 0.5) is 5.13 Å². The molecule has 0 aliphatic carbocycles. The van der Waals surface area contributed by atoms with E-state index in [9.17, 15) is 8.42 Å². The fourth-order valence-corrected chi connectivity index (χ4v) is 5.69. The van der Waals surface area contributed by atoms with Gasteiger partial charge in [-0.2, -0.15) is 4.31 Å². The molecule has 2 N–H and O–H groups in total. The summed E-state index contributed by atoms with van der Waals surface area (Å²) in [7, 11) is -3.43. The molecule has 1 atom stereocenters. The summed E-state index contributed by atoms with van der Waals surface area (Å²) in [5, 5.41) is 0.316. The summed E-state index contributed by atoms with van der Waals surface area (Å²) in [6.07, 6.45) is 2.97. The van der Waals surface area contributed by atoms with Crippen molar-refractivity contribution in [3.8, 4) is 0 Å². The normalized spacial score (nSPS) is 22.1. The molecule has 7 heteroatoms. The maximum atomic E-state index is 12.7. The Balaban J connectivity index is 2.20. The van der Waals surface area contributed by atoms with Crippen molar-refractivity contribution >= 4 is 26.5 Å². The highest BCUT2D eigenvalue weighted by atomic mass is 32.2. The molecule has 0 saturated carbocycles. The number of hydrogen-bond acceptors (Lipinski definition) is 5. The van der Waals surface area contributed by atoms with E-state index in [2.05, 4.69) is 18.8 Å². The van der Waals surface area contributed by atoms with Gasteiger partial charge in [-0.1, -0.05) is 25.2 Å². The lowest BCUT2D eigenvalue weighted by molar-refractivity contribution is 0.341. The van der Waals surface area contributed by atoms with Gasteiger partial charge in [0, 0.05) is 13.1 Å². The molecule has 0 bridgehead atoms. The number of aromatic nitrogens is 1. The molecule has 1 saturated heterocycles. The van der Waals surface area contributed by atoms with Gasteiger partial charge in [0.1, 0.15) is 0 Å². The van der Waals surface area contributed by atoms with Crippen LogP contribution >= 0.6 is 11.3 Å². The van der Waals surface area contributed by atoms with Crippen LogP contribution in [-0.4, -0.2) is 30.8 Å². The first-order valence-electron chi connectivity index (χ1n) is 7.05. The van der Waals surface area contributed by atoms with Crippen molar-refractivity contribution in [2.24, 2.45) is 11.8 Å². The van der Waals surface area contributed by atoms with Crippen LogP contribution in [0.15, 0.2) is 4.21 Å². The van der Waals surface area contributed by atoms with Crippen LogP contribution in [0.1, 0.15) is 38.8 Å². The molecular formula is C13H23N3O2S2. The van der Waals surface area contributed by atoms with Crippen LogP contribution < -0.4 is 5.73 Å². The molecule has 1 fully saturated rings. The van der Waals surface area contributed by atoms with Gasteiger partial charge in [-0.25, -0.2) is 13.4 Å². The number of rotatable bonds is 3. The van der Waals surface area contributed by atoms with Gasteiger partial charge in [-0.3, -0.25) is 0 Å². The molecule has 1 aliphatic heterocycles. The van der Waals surface area contributed by atoms with Crippen LogP contribution in [0.3, 0.4) is 0 Å². The fraction of sp³-hybridized carbons (Fsp3) is 0.769. The Morgan fingerprint density at radius 3 is 2.60 bits per heavy atom. The molecule has 0 amide bonds.